The normalized spacial score (nSPS) is 14.0. The van der Waals surface area contributed by atoms with Crippen LogP contribution in [0.5, 0.6) is 17.2 Å². The molecule has 0 radical (unpaired) electrons. The molecule has 44 heavy (non-hydrogen) atoms. The van der Waals surface area contributed by atoms with Gasteiger partial charge in [0.05, 0.1) is 15.9 Å². The SMILES string of the molecule is CCOc1cc(/C=C2\C(=O)NC(=O)N(c3ccc(OCc4ccccc4Cl)cc3)C2=O)cc(I)c1OCc1cccc(C)c1. The first-order valence-corrected chi connectivity index (χ1v) is 15.2. The lowest BCUT2D eigenvalue weighted by Gasteiger charge is -2.26. The van der Waals surface area contributed by atoms with E-state index in [0.717, 1.165) is 25.2 Å². The summed E-state index contributed by atoms with van der Waals surface area (Å²) in [5, 5.41) is 2.85. The number of amides is 4. The smallest absolute Gasteiger partial charge is 0.335 e. The molecule has 0 aliphatic carbocycles. The van der Waals surface area contributed by atoms with Gasteiger partial charge in [-0.3, -0.25) is 14.9 Å². The van der Waals surface area contributed by atoms with E-state index < -0.39 is 17.8 Å². The number of hydrogen-bond donors (Lipinski definition) is 1. The third kappa shape index (κ3) is 7.23. The molecule has 0 atom stereocenters. The zero-order valence-corrected chi connectivity index (χ0v) is 26.8. The highest BCUT2D eigenvalue weighted by molar-refractivity contribution is 14.1. The van der Waals surface area contributed by atoms with Crippen LogP contribution in [-0.2, 0) is 22.8 Å². The molecule has 1 aliphatic rings. The number of carbonyl (C=O) groups is 3. The van der Waals surface area contributed by atoms with Crippen molar-refractivity contribution >= 4 is 63.8 Å². The quantitative estimate of drug-likeness (QED) is 0.104. The maximum Gasteiger partial charge on any atom is 0.335 e. The van der Waals surface area contributed by atoms with E-state index in [9.17, 15) is 14.4 Å². The number of urea groups is 1. The fourth-order valence-corrected chi connectivity index (χ4v) is 5.53. The Kier molecular flexibility index (Phi) is 9.86. The van der Waals surface area contributed by atoms with Gasteiger partial charge in [-0.25, -0.2) is 9.69 Å². The molecular formula is C34H28ClIN2O6. The lowest BCUT2D eigenvalue weighted by Crippen LogP contribution is -2.54. The van der Waals surface area contributed by atoms with E-state index in [1.165, 1.54) is 6.08 Å². The molecule has 1 aliphatic heterocycles. The van der Waals surface area contributed by atoms with Gasteiger partial charge < -0.3 is 14.2 Å². The summed E-state index contributed by atoms with van der Waals surface area (Å²) < 4.78 is 18.5. The van der Waals surface area contributed by atoms with Gasteiger partial charge in [-0.1, -0.05) is 59.6 Å². The molecule has 1 fully saturated rings. The zero-order valence-electron chi connectivity index (χ0n) is 23.9. The molecule has 8 nitrogen and oxygen atoms in total. The first-order chi connectivity index (χ1) is 21.2. The minimum absolute atomic E-state index is 0.199. The van der Waals surface area contributed by atoms with E-state index in [1.807, 2.05) is 56.3 Å². The first-order valence-electron chi connectivity index (χ1n) is 13.8. The van der Waals surface area contributed by atoms with Crippen molar-refractivity contribution in [1.29, 1.82) is 0 Å². The molecule has 0 saturated carbocycles. The molecule has 4 amide bonds. The number of imide groups is 2. The number of rotatable bonds is 10. The molecule has 1 heterocycles. The van der Waals surface area contributed by atoms with Crippen molar-refractivity contribution in [2.24, 2.45) is 0 Å². The second-order valence-corrected chi connectivity index (χ2v) is 11.4. The first kappa shape index (κ1) is 31.1. The van der Waals surface area contributed by atoms with Crippen LogP contribution in [0.25, 0.3) is 6.08 Å². The highest BCUT2D eigenvalue weighted by Crippen LogP contribution is 2.36. The number of carbonyl (C=O) groups excluding carboxylic acids is 3. The van der Waals surface area contributed by atoms with E-state index in [4.69, 9.17) is 25.8 Å². The number of anilines is 1. The van der Waals surface area contributed by atoms with Crippen molar-refractivity contribution in [3.63, 3.8) is 0 Å². The molecule has 0 aromatic heterocycles. The number of ether oxygens (including phenoxy) is 3. The van der Waals surface area contributed by atoms with Gasteiger partial charge in [0.25, 0.3) is 11.8 Å². The summed E-state index contributed by atoms with van der Waals surface area (Å²) in [6.07, 6.45) is 1.44. The zero-order chi connectivity index (χ0) is 31.2. The Morgan fingerprint density at radius 1 is 0.886 bits per heavy atom. The molecule has 0 unspecified atom stereocenters. The Morgan fingerprint density at radius 3 is 2.39 bits per heavy atom. The number of nitrogens with zero attached hydrogens (tertiary/aromatic N) is 1. The molecule has 1 saturated heterocycles. The van der Waals surface area contributed by atoms with E-state index in [0.29, 0.717) is 41.0 Å². The van der Waals surface area contributed by atoms with Gasteiger partial charge in [-0.2, -0.15) is 0 Å². The molecule has 5 rings (SSSR count). The van der Waals surface area contributed by atoms with Crippen LogP contribution in [0.1, 0.15) is 29.2 Å². The van der Waals surface area contributed by atoms with Crippen LogP contribution >= 0.6 is 34.2 Å². The lowest BCUT2D eigenvalue weighted by atomic mass is 10.1. The molecule has 4 aromatic rings. The third-order valence-electron chi connectivity index (χ3n) is 6.66. The van der Waals surface area contributed by atoms with Gasteiger partial charge in [0, 0.05) is 10.6 Å². The monoisotopic (exact) mass is 722 g/mol. The van der Waals surface area contributed by atoms with Crippen molar-refractivity contribution in [2.45, 2.75) is 27.1 Å². The van der Waals surface area contributed by atoms with E-state index in [-0.39, 0.29) is 17.9 Å². The van der Waals surface area contributed by atoms with Crippen LogP contribution in [0.3, 0.4) is 0 Å². The fourth-order valence-electron chi connectivity index (χ4n) is 4.56. The molecule has 224 valence electrons. The summed E-state index contributed by atoms with van der Waals surface area (Å²) in [6.45, 7) is 4.86. The number of aryl methyl sites for hydroxylation is 1. The van der Waals surface area contributed by atoms with E-state index in [2.05, 4.69) is 27.9 Å². The summed E-state index contributed by atoms with van der Waals surface area (Å²) >= 11 is 8.33. The van der Waals surface area contributed by atoms with Gasteiger partial charge in [-0.05, 0) is 96.1 Å². The van der Waals surface area contributed by atoms with Crippen molar-refractivity contribution in [3.05, 3.63) is 121 Å². The summed E-state index contributed by atoms with van der Waals surface area (Å²) in [7, 11) is 0. The lowest BCUT2D eigenvalue weighted by molar-refractivity contribution is -0.122. The molecule has 0 bridgehead atoms. The average Bonchev–Trinajstić information content (AvgIpc) is 2.99. The summed E-state index contributed by atoms with van der Waals surface area (Å²) in [5.74, 6) is 0.0140. The Morgan fingerprint density at radius 2 is 1.66 bits per heavy atom. The van der Waals surface area contributed by atoms with Crippen molar-refractivity contribution in [2.75, 3.05) is 11.5 Å². The number of nitrogens with one attached hydrogen (secondary N) is 1. The number of barbiturate groups is 1. The molecule has 1 N–H and O–H groups in total. The minimum Gasteiger partial charge on any atom is -0.490 e. The highest BCUT2D eigenvalue weighted by atomic mass is 127. The fraction of sp³-hybridized carbons (Fsp3) is 0.147. The predicted octanol–water partition coefficient (Wildman–Crippen LogP) is 7.48. The Balaban J connectivity index is 1.36. The number of hydrogen-bond acceptors (Lipinski definition) is 6. The predicted molar refractivity (Wildman–Crippen MR) is 177 cm³/mol. The van der Waals surface area contributed by atoms with Gasteiger partial charge in [0.15, 0.2) is 11.5 Å². The molecular weight excluding hydrogens is 695 g/mol. The van der Waals surface area contributed by atoms with Crippen molar-refractivity contribution in [3.8, 4) is 17.2 Å². The summed E-state index contributed by atoms with van der Waals surface area (Å²) in [6, 6.07) is 24.5. The summed E-state index contributed by atoms with van der Waals surface area (Å²) in [5.41, 5.74) is 3.59. The van der Waals surface area contributed by atoms with Crippen LogP contribution < -0.4 is 24.4 Å². The molecule has 0 spiro atoms. The Labute approximate surface area is 273 Å². The minimum atomic E-state index is -0.841. The Bertz CT molecular complexity index is 1760. The van der Waals surface area contributed by atoms with Crippen molar-refractivity contribution in [1.82, 2.24) is 5.32 Å². The maximum absolute atomic E-state index is 13.5. The second-order valence-electron chi connectivity index (χ2n) is 9.87. The van der Waals surface area contributed by atoms with Crippen LogP contribution in [0, 0.1) is 10.5 Å². The van der Waals surface area contributed by atoms with Crippen LogP contribution in [0.2, 0.25) is 5.02 Å². The average molecular weight is 723 g/mol. The standard InChI is InChI=1S/C34H28ClIN2O6/c1-3-42-30-18-23(17-29(36)31(30)44-19-22-8-6-7-21(2)15-22)16-27-32(39)37-34(41)38(33(27)40)25-11-13-26(14-12-25)43-20-24-9-4-5-10-28(24)35/h4-18H,3,19-20H2,1-2H3,(H,37,39,41)/b27-16+. The maximum atomic E-state index is 13.5. The molecule has 10 heteroatoms. The highest BCUT2D eigenvalue weighted by Gasteiger charge is 2.37. The van der Waals surface area contributed by atoms with E-state index >= 15 is 0 Å². The molecule has 4 aromatic carbocycles. The number of benzene rings is 4. The summed E-state index contributed by atoms with van der Waals surface area (Å²) in [4.78, 5) is 40.0. The van der Waals surface area contributed by atoms with Gasteiger partial charge in [0.1, 0.15) is 24.5 Å². The van der Waals surface area contributed by atoms with Gasteiger partial charge in [-0.15, -0.1) is 0 Å². The third-order valence-corrected chi connectivity index (χ3v) is 7.83. The Hall–Kier alpha value is -4.35. The largest absolute Gasteiger partial charge is 0.490 e. The van der Waals surface area contributed by atoms with E-state index in [1.54, 1.807) is 42.5 Å². The van der Waals surface area contributed by atoms with Gasteiger partial charge in [0.2, 0.25) is 0 Å². The topological polar surface area (TPSA) is 94.2 Å². The van der Waals surface area contributed by atoms with Crippen LogP contribution in [0.15, 0.2) is 90.5 Å². The van der Waals surface area contributed by atoms with Crippen LogP contribution in [0.4, 0.5) is 10.5 Å². The number of halogens is 2. The van der Waals surface area contributed by atoms with Crippen molar-refractivity contribution < 1.29 is 28.6 Å². The van der Waals surface area contributed by atoms with Gasteiger partial charge >= 0.3 is 6.03 Å². The second kappa shape index (κ2) is 14.0. The van der Waals surface area contributed by atoms with Crippen LogP contribution in [-0.4, -0.2) is 24.5 Å².